The number of nitriles is 1. The number of hydrogen-bond donors (Lipinski definition) is 1. The summed E-state index contributed by atoms with van der Waals surface area (Å²) < 4.78 is 0. The summed E-state index contributed by atoms with van der Waals surface area (Å²) in [6.45, 7) is 2.10. The van der Waals surface area contributed by atoms with Crippen LogP contribution in [0.5, 0.6) is 0 Å². The fraction of sp³-hybridized carbons (Fsp3) is 0.588. The van der Waals surface area contributed by atoms with Crippen molar-refractivity contribution < 1.29 is 0 Å². The number of nitrogens with one attached hydrogen (secondary N) is 1. The lowest BCUT2D eigenvalue weighted by Crippen LogP contribution is -2.35. The molecule has 0 aromatic heterocycles. The molecule has 106 valence electrons. The summed E-state index contributed by atoms with van der Waals surface area (Å²) in [5, 5.41) is 12.7. The van der Waals surface area contributed by atoms with Crippen LogP contribution >= 0.6 is 0 Å². The smallest absolute Gasteiger partial charge is 0.0972 e. The van der Waals surface area contributed by atoms with Gasteiger partial charge in [-0.15, -0.1) is 0 Å². The molecule has 1 N–H and O–H groups in total. The third-order valence-electron chi connectivity index (χ3n) is 4.31. The van der Waals surface area contributed by atoms with Crippen molar-refractivity contribution >= 4 is 5.69 Å². The van der Waals surface area contributed by atoms with Crippen LogP contribution in [-0.4, -0.2) is 25.2 Å². The van der Waals surface area contributed by atoms with E-state index in [-0.39, 0.29) is 6.04 Å². The number of fused-ring (bicyclic) bond motifs is 1. The van der Waals surface area contributed by atoms with Crippen LogP contribution in [0, 0.1) is 11.3 Å². The van der Waals surface area contributed by atoms with E-state index in [1.54, 1.807) is 0 Å². The average Bonchev–Trinajstić information content (AvgIpc) is 3.30. The van der Waals surface area contributed by atoms with Crippen molar-refractivity contribution in [1.82, 2.24) is 5.32 Å². The number of rotatable bonds is 5. The van der Waals surface area contributed by atoms with Crippen LogP contribution in [0.2, 0.25) is 0 Å². The SMILES string of the molecule is N#CC(CCN1CCCCc2ccccc21)NC1CC1. The first kappa shape index (κ1) is 13.5. The molecule has 0 radical (unpaired) electrons. The highest BCUT2D eigenvalue weighted by atomic mass is 15.1. The molecule has 3 rings (SSSR count). The lowest BCUT2D eigenvalue weighted by atomic mass is 10.1. The Morgan fingerprint density at radius 3 is 2.95 bits per heavy atom. The summed E-state index contributed by atoms with van der Waals surface area (Å²) in [6, 6.07) is 11.8. The van der Waals surface area contributed by atoms with Crippen molar-refractivity contribution in [3.05, 3.63) is 29.8 Å². The summed E-state index contributed by atoms with van der Waals surface area (Å²) >= 11 is 0. The van der Waals surface area contributed by atoms with E-state index in [1.807, 2.05) is 0 Å². The van der Waals surface area contributed by atoms with Crippen LogP contribution in [0.4, 0.5) is 5.69 Å². The maximum absolute atomic E-state index is 9.25. The molecule has 1 aliphatic carbocycles. The normalized spacial score (nSPS) is 19.9. The number of nitrogens with zero attached hydrogens (tertiary/aromatic N) is 2. The van der Waals surface area contributed by atoms with Gasteiger partial charge in [-0.05, 0) is 50.2 Å². The third kappa shape index (κ3) is 3.32. The largest absolute Gasteiger partial charge is 0.371 e. The van der Waals surface area contributed by atoms with Crippen LogP contribution in [0.25, 0.3) is 0 Å². The summed E-state index contributed by atoms with van der Waals surface area (Å²) in [6.07, 6.45) is 7.11. The fourth-order valence-electron chi connectivity index (χ4n) is 3.01. The van der Waals surface area contributed by atoms with Crippen LogP contribution in [-0.2, 0) is 6.42 Å². The highest BCUT2D eigenvalue weighted by Crippen LogP contribution is 2.26. The number of para-hydroxylation sites is 1. The Morgan fingerprint density at radius 2 is 2.15 bits per heavy atom. The van der Waals surface area contributed by atoms with E-state index >= 15 is 0 Å². The van der Waals surface area contributed by atoms with Gasteiger partial charge < -0.3 is 4.90 Å². The van der Waals surface area contributed by atoms with Crippen molar-refractivity contribution in [2.75, 3.05) is 18.0 Å². The Balaban J connectivity index is 1.62. The zero-order chi connectivity index (χ0) is 13.8. The van der Waals surface area contributed by atoms with Gasteiger partial charge in [0, 0.05) is 24.8 Å². The number of anilines is 1. The maximum atomic E-state index is 9.25. The van der Waals surface area contributed by atoms with Gasteiger partial charge >= 0.3 is 0 Å². The van der Waals surface area contributed by atoms with Gasteiger partial charge in [0.2, 0.25) is 0 Å². The average molecular weight is 269 g/mol. The first-order chi connectivity index (χ1) is 9.86. The molecule has 1 saturated carbocycles. The molecule has 2 aliphatic rings. The van der Waals surface area contributed by atoms with Crippen molar-refractivity contribution in [2.24, 2.45) is 0 Å². The lowest BCUT2D eigenvalue weighted by Gasteiger charge is -2.26. The summed E-state index contributed by atoms with van der Waals surface area (Å²) in [4.78, 5) is 2.47. The zero-order valence-electron chi connectivity index (χ0n) is 12.0. The Morgan fingerprint density at radius 1 is 1.30 bits per heavy atom. The second-order valence-electron chi connectivity index (χ2n) is 5.98. The van der Waals surface area contributed by atoms with Gasteiger partial charge in [-0.25, -0.2) is 0 Å². The molecule has 1 aromatic carbocycles. The predicted octanol–water partition coefficient (Wildman–Crippen LogP) is 2.86. The van der Waals surface area contributed by atoms with Crippen LogP contribution in [0.1, 0.15) is 37.7 Å². The van der Waals surface area contributed by atoms with E-state index in [0.29, 0.717) is 6.04 Å². The van der Waals surface area contributed by atoms with Crippen molar-refractivity contribution in [2.45, 2.75) is 50.6 Å². The molecule has 20 heavy (non-hydrogen) atoms. The molecular weight excluding hydrogens is 246 g/mol. The zero-order valence-corrected chi connectivity index (χ0v) is 12.0. The van der Waals surface area contributed by atoms with Gasteiger partial charge in [-0.1, -0.05) is 18.2 Å². The first-order valence-corrected chi connectivity index (χ1v) is 7.85. The topological polar surface area (TPSA) is 39.1 Å². The quantitative estimate of drug-likeness (QED) is 0.893. The molecule has 1 aliphatic heterocycles. The molecule has 1 unspecified atom stereocenters. The number of aryl methyl sites for hydroxylation is 1. The number of hydrogen-bond acceptors (Lipinski definition) is 3. The van der Waals surface area contributed by atoms with E-state index < -0.39 is 0 Å². The van der Waals surface area contributed by atoms with E-state index in [0.717, 1.165) is 19.5 Å². The first-order valence-electron chi connectivity index (χ1n) is 7.85. The van der Waals surface area contributed by atoms with E-state index in [9.17, 15) is 5.26 Å². The van der Waals surface area contributed by atoms with Crippen LogP contribution in [0.3, 0.4) is 0 Å². The molecule has 3 heteroatoms. The Bertz CT molecular complexity index is 487. The monoisotopic (exact) mass is 269 g/mol. The molecular formula is C17H23N3. The molecule has 0 spiro atoms. The van der Waals surface area contributed by atoms with Crippen molar-refractivity contribution in [1.29, 1.82) is 5.26 Å². The number of benzene rings is 1. The van der Waals surface area contributed by atoms with E-state index in [2.05, 4.69) is 40.6 Å². The van der Waals surface area contributed by atoms with Crippen molar-refractivity contribution in [3.63, 3.8) is 0 Å². The van der Waals surface area contributed by atoms with Gasteiger partial charge in [-0.3, -0.25) is 5.32 Å². The van der Waals surface area contributed by atoms with Crippen LogP contribution in [0.15, 0.2) is 24.3 Å². The standard InChI is InChI=1S/C17H23N3/c18-13-16(19-15-8-9-15)10-12-20-11-4-3-6-14-5-1-2-7-17(14)20/h1-2,5,7,15-16,19H,3-4,6,8-12H2. The Labute approximate surface area is 121 Å². The molecule has 1 fully saturated rings. The predicted molar refractivity (Wildman–Crippen MR) is 81.8 cm³/mol. The molecule has 0 amide bonds. The molecule has 0 bridgehead atoms. The highest BCUT2D eigenvalue weighted by Gasteiger charge is 2.25. The molecule has 3 nitrogen and oxygen atoms in total. The van der Waals surface area contributed by atoms with E-state index in [1.165, 1.54) is 43.4 Å². The fourth-order valence-corrected chi connectivity index (χ4v) is 3.01. The summed E-state index contributed by atoms with van der Waals surface area (Å²) in [5.41, 5.74) is 2.85. The van der Waals surface area contributed by atoms with Gasteiger partial charge in [0.15, 0.2) is 0 Å². The highest BCUT2D eigenvalue weighted by molar-refractivity contribution is 5.54. The van der Waals surface area contributed by atoms with Gasteiger partial charge in [0.25, 0.3) is 0 Å². The summed E-state index contributed by atoms with van der Waals surface area (Å²) in [7, 11) is 0. The molecule has 0 saturated heterocycles. The molecule has 1 atom stereocenters. The van der Waals surface area contributed by atoms with Gasteiger partial charge in [0.05, 0.1) is 12.1 Å². The van der Waals surface area contributed by atoms with Gasteiger partial charge in [0.1, 0.15) is 0 Å². The van der Waals surface area contributed by atoms with Crippen molar-refractivity contribution in [3.8, 4) is 6.07 Å². The summed E-state index contributed by atoms with van der Waals surface area (Å²) in [5.74, 6) is 0. The lowest BCUT2D eigenvalue weighted by molar-refractivity contribution is 0.552. The third-order valence-corrected chi connectivity index (χ3v) is 4.31. The van der Waals surface area contributed by atoms with E-state index in [4.69, 9.17) is 0 Å². The second kappa shape index (κ2) is 6.28. The minimum Gasteiger partial charge on any atom is -0.371 e. The molecule has 1 aromatic rings. The Hall–Kier alpha value is -1.53. The minimum atomic E-state index is 0.0120. The van der Waals surface area contributed by atoms with Gasteiger partial charge in [-0.2, -0.15) is 5.26 Å². The maximum Gasteiger partial charge on any atom is 0.0972 e. The second-order valence-corrected chi connectivity index (χ2v) is 5.98. The Kier molecular flexibility index (Phi) is 4.22. The minimum absolute atomic E-state index is 0.0120. The van der Waals surface area contributed by atoms with Crippen LogP contribution < -0.4 is 10.2 Å². The molecule has 1 heterocycles.